The van der Waals surface area contributed by atoms with Gasteiger partial charge in [0.2, 0.25) is 5.91 Å². The highest BCUT2D eigenvalue weighted by Gasteiger charge is 2.05. The van der Waals surface area contributed by atoms with Crippen molar-refractivity contribution < 1.29 is 13.9 Å². The second-order valence-corrected chi connectivity index (χ2v) is 5.11. The molecule has 0 saturated carbocycles. The molecule has 1 aromatic carbocycles. The van der Waals surface area contributed by atoms with E-state index in [1.807, 2.05) is 0 Å². The Labute approximate surface area is 143 Å². The van der Waals surface area contributed by atoms with E-state index in [1.54, 1.807) is 36.7 Å². The van der Waals surface area contributed by atoms with Crippen molar-refractivity contribution in [2.24, 2.45) is 0 Å². The molecule has 2 aromatic heterocycles. The fraction of sp³-hybridized carbons (Fsp3) is 0.0556. The molecule has 126 valence electrons. The quantitative estimate of drug-likeness (QED) is 0.677. The van der Waals surface area contributed by atoms with Crippen LogP contribution < -0.4 is 10.1 Å². The summed E-state index contributed by atoms with van der Waals surface area (Å²) in [6.07, 6.45) is 7.58. The van der Waals surface area contributed by atoms with Crippen LogP contribution in [0.4, 0.5) is 4.39 Å². The Hall–Kier alpha value is -3.48. The lowest BCUT2D eigenvalue weighted by molar-refractivity contribution is -0.116. The second kappa shape index (κ2) is 7.87. The standard InChI is InChI=1S/C18H15FN4O2/c19-16-10-13(3-5-17(16)25-15-2-1-8-20-12-15)4-6-18(24)21-11-14-7-9-22-23-14/h1-10,12H,11H2,(H,21,24)(H,22,23). The first-order chi connectivity index (χ1) is 12.2. The molecule has 0 aliphatic carbocycles. The number of aromatic amines is 1. The van der Waals surface area contributed by atoms with Crippen molar-refractivity contribution in [3.8, 4) is 11.5 Å². The van der Waals surface area contributed by atoms with Gasteiger partial charge in [0.15, 0.2) is 11.6 Å². The van der Waals surface area contributed by atoms with Gasteiger partial charge in [-0.1, -0.05) is 6.07 Å². The minimum Gasteiger partial charge on any atom is -0.453 e. The number of hydrogen-bond donors (Lipinski definition) is 2. The molecule has 2 heterocycles. The summed E-state index contributed by atoms with van der Waals surface area (Å²) in [4.78, 5) is 15.7. The van der Waals surface area contributed by atoms with Crippen molar-refractivity contribution in [1.29, 1.82) is 0 Å². The molecule has 0 radical (unpaired) electrons. The summed E-state index contributed by atoms with van der Waals surface area (Å²) in [6, 6.07) is 9.61. The molecule has 0 aliphatic rings. The summed E-state index contributed by atoms with van der Waals surface area (Å²) < 4.78 is 19.5. The highest BCUT2D eigenvalue weighted by atomic mass is 19.1. The lowest BCUT2D eigenvalue weighted by atomic mass is 10.2. The number of nitrogens with one attached hydrogen (secondary N) is 2. The van der Waals surface area contributed by atoms with Crippen LogP contribution in [-0.4, -0.2) is 21.1 Å². The maximum Gasteiger partial charge on any atom is 0.244 e. The Morgan fingerprint density at radius 3 is 2.92 bits per heavy atom. The van der Waals surface area contributed by atoms with Gasteiger partial charge in [-0.15, -0.1) is 0 Å². The molecule has 6 nitrogen and oxygen atoms in total. The number of carbonyl (C=O) groups is 1. The summed E-state index contributed by atoms with van der Waals surface area (Å²) >= 11 is 0. The number of rotatable bonds is 6. The number of aromatic nitrogens is 3. The summed E-state index contributed by atoms with van der Waals surface area (Å²) in [6.45, 7) is 0.343. The van der Waals surface area contributed by atoms with E-state index in [4.69, 9.17) is 4.74 Å². The summed E-state index contributed by atoms with van der Waals surface area (Å²) in [5.74, 6) is -0.272. The lowest BCUT2D eigenvalue weighted by Gasteiger charge is -2.06. The van der Waals surface area contributed by atoms with E-state index in [2.05, 4.69) is 20.5 Å². The van der Waals surface area contributed by atoms with E-state index in [9.17, 15) is 9.18 Å². The molecule has 1 amide bonds. The third kappa shape index (κ3) is 4.74. The molecule has 0 saturated heterocycles. The largest absolute Gasteiger partial charge is 0.453 e. The molecule has 0 spiro atoms. The number of H-pyrrole nitrogens is 1. The van der Waals surface area contributed by atoms with Crippen LogP contribution in [0.25, 0.3) is 6.08 Å². The number of benzene rings is 1. The third-order valence-corrected chi connectivity index (χ3v) is 3.26. The fourth-order valence-electron chi connectivity index (χ4n) is 2.03. The first kappa shape index (κ1) is 16.4. The van der Waals surface area contributed by atoms with E-state index < -0.39 is 5.82 Å². The molecule has 3 aromatic rings. The number of nitrogens with zero attached hydrogens (tertiary/aromatic N) is 2. The van der Waals surface area contributed by atoms with Gasteiger partial charge in [-0.25, -0.2) is 4.39 Å². The zero-order valence-corrected chi connectivity index (χ0v) is 13.1. The normalized spacial score (nSPS) is 10.8. The minimum atomic E-state index is -0.524. The average Bonchev–Trinajstić information content (AvgIpc) is 3.15. The Morgan fingerprint density at radius 1 is 1.28 bits per heavy atom. The number of pyridine rings is 1. The van der Waals surface area contributed by atoms with Gasteiger partial charge in [-0.2, -0.15) is 5.10 Å². The highest BCUT2D eigenvalue weighted by molar-refractivity contribution is 5.91. The van der Waals surface area contributed by atoms with Gasteiger partial charge >= 0.3 is 0 Å². The topological polar surface area (TPSA) is 79.9 Å². The predicted octanol–water partition coefficient (Wildman–Crippen LogP) is 3.07. The molecule has 0 atom stereocenters. The minimum absolute atomic E-state index is 0.0915. The first-order valence-electron chi connectivity index (χ1n) is 7.52. The van der Waals surface area contributed by atoms with Crippen LogP contribution in [0.5, 0.6) is 11.5 Å². The van der Waals surface area contributed by atoms with Gasteiger partial charge in [-0.05, 0) is 42.0 Å². The lowest BCUT2D eigenvalue weighted by Crippen LogP contribution is -2.20. The van der Waals surface area contributed by atoms with E-state index in [0.717, 1.165) is 5.69 Å². The van der Waals surface area contributed by atoms with E-state index in [1.165, 1.54) is 30.5 Å². The smallest absolute Gasteiger partial charge is 0.244 e. The molecular formula is C18H15FN4O2. The van der Waals surface area contributed by atoms with Gasteiger partial charge in [0, 0.05) is 18.5 Å². The Kier molecular flexibility index (Phi) is 5.16. The van der Waals surface area contributed by atoms with Crippen LogP contribution in [0.3, 0.4) is 0 Å². The van der Waals surface area contributed by atoms with Crippen LogP contribution in [-0.2, 0) is 11.3 Å². The molecule has 7 heteroatoms. The maximum absolute atomic E-state index is 14.1. The molecule has 2 N–H and O–H groups in total. The molecule has 0 fully saturated rings. The Balaban J connectivity index is 1.59. The third-order valence-electron chi connectivity index (χ3n) is 3.26. The molecule has 0 bridgehead atoms. The van der Waals surface area contributed by atoms with Crippen molar-refractivity contribution >= 4 is 12.0 Å². The van der Waals surface area contributed by atoms with Crippen molar-refractivity contribution in [2.75, 3.05) is 0 Å². The summed E-state index contributed by atoms with van der Waals surface area (Å²) in [7, 11) is 0. The van der Waals surface area contributed by atoms with Crippen LogP contribution in [0.1, 0.15) is 11.3 Å². The van der Waals surface area contributed by atoms with Gasteiger partial charge in [-0.3, -0.25) is 14.9 Å². The number of ether oxygens (including phenoxy) is 1. The predicted molar refractivity (Wildman–Crippen MR) is 90.2 cm³/mol. The van der Waals surface area contributed by atoms with Crippen molar-refractivity contribution in [3.63, 3.8) is 0 Å². The van der Waals surface area contributed by atoms with Crippen molar-refractivity contribution in [2.45, 2.75) is 6.54 Å². The number of halogens is 1. The zero-order valence-electron chi connectivity index (χ0n) is 13.1. The van der Waals surface area contributed by atoms with Gasteiger partial charge in [0.1, 0.15) is 5.75 Å². The molecule has 0 aliphatic heterocycles. The SMILES string of the molecule is O=C(C=Cc1ccc(Oc2cccnc2)c(F)c1)NCc1ccn[nH]1. The van der Waals surface area contributed by atoms with Crippen molar-refractivity contribution in [1.82, 2.24) is 20.5 Å². The zero-order chi connectivity index (χ0) is 17.5. The molecule has 25 heavy (non-hydrogen) atoms. The maximum atomic E-state index is 14.1. The van der Waals surface area contributed by atoms with Gasteiger partial charge in [0.05, 0.1) is 18.4 Å². The van der Waals surface area contributed by atoms with Crippen LogP contribution in [0, 0.1) is 5.82 Å². The average molecular weight is 338 g/mol. The molecule has 3 rings (SSSR count). The van der Waals surface area contributed by atoms with Gasteiger partial charge < -0.3 is 10.1 Å². The van der Waals surface area contributed by atoms with E-state index in [-0.39, 0.29) is 11.7 Å². The van der Waals surface area contributed by atoms with Crippen molar-refractivity contribution in [3.05, 3.63) is 78.1 Å². The second-order valence-electron chi connectivity index (χ2n) is 5.11. The molecule has 0 unspecified atom stereocenters. The monoisotopic (exact) mass is 338 g/mol. The fourth-order valence-corrected chi connectivity index (χ4v) is 2.03. The van der Waals surface area contributed by atoms with Gasteiger partial charge in [0.25, 0.3) is 0 Å². The Bertz CT molecular complexity index is 864. The summed E-state index contributed by atoms with van der Waals surface area (Å²) in [5, 5.41) is 9.22. The molecular weight excluding hydrogens is 323 g/mol. The van der Waals surface area contributed by atoms with Crippen LogP contribution >= 0.6 is 0 Å². The number of amides is 1. The number of hydrogen-bond acceptors (Lipinski definition) is 4. The van der Waals surface area contributed by atoms with Crippen LogP contribution in [0.15, 0.2) is 61.1 Å². The van der Waals surface area contributed by atoms with E-state index >= 15 is 0 Å². The first-order valence-corrected chi connectivity index (χ1v) is 7.52. The number of carbonyl (C=O) groups excluding carboxylic acids is 1. The van der Waals surface area contributed by atoms with E-state index in [0.29, 0.717) is 17.9 Å². The van der Waals surface area contributed by atoms with Crippen LogP contribution in [0.2, 0.25) is 0 Å². The highest BCUT2D eigenvalue weighted by Crippen LogP contribution is 2.24. The summed E-state index contributed by atoms with van der Waals surface area (Å²) in [5.41, 5.74) is 1.34. The Morgan fingerprint density at radius 2 is 2.20 bits per heavy atom.